The summed E-state index contributed by atoms with van der Waals surface area (Å²) in [6.07, 6.45) is 4.39. The molecule has 0 saturated carbocycles. The fraction of sp³-hybridized carbons (Fsp3) is 0.444. The van der Waals surface area contributed by atoms with E-state index in [9.17, 15) is 14.4 Å². The molecule has 2 aromatic carbocycles. The molecule has 0 spiro atoms. The minimum Gasteiger partial charge on any atom is -0.376 e. The second kappa shape index (κ2) is 21.4. The molecule has 0 aliphatic carbocycles. The molecule has 2 atom stereocenters. The molecule has 2 unspecified atom stereocenters. The summed E-state index contributed by atoms with van der Waals surface area (Å²) >= 11 is 12.6. The largest absolute Gasteiger partial charge is 0.376 e. The van der Waals surface area contributed by atoms with Crippen molar-refractivity contribution in [2.24, 2.45) is 11.8 Å². The highest BCUT2D eigenvalue weighted by Crippen LogP contribution is 2.26. The summed E-state index contributed by atoms with van der Waals surface area (Å²) in [6, 6.07) is 19.6. The lowest BCUT2D eigenvalue weighted by Crippen LogP contribution is -2.39. The molecule has 0 radical (unpaired) electrons. The van der Waals surface area contributed by atoms with Crippen LogP contribution in [-0.4, -0.2) is 42.3 Å². The highest BCUT2D eigenvalue weighted by molar-refractivity contribution is 6.34. The number of aromatic nitrogens is 1. The number of nitrogens with one attached hydrogen (secondary N) is 3. The Morgan fingerprint density at radius 3 is 2.28 bits per heavy atom. The smallest absolute Gasteiger partial charge is 0.226 e. The van der Waals surface area contributed by atoms with Crippen LogP contribution in [0.2, 0.25) is 10.0 Å². The van der Waals surface area contributed by atoms with Crippen molar-refractivity contribution < 1.29 is 19.1 Å². The van der Waals surface area contributed by atoms with Crippen molar-refractivity contribution in [2.45, 2.75) is 72.4 Å². The zero-order chi connectivity index (χ0) is 32.4. The Kier molecular flexibility index (Phi) is 18.0. The van der Waals surface area contributed by atoms with Gasteiger partial charge in [-0.1, -0.05) is 80.9 Å². The summed E-state index contributed by atoms with van der Waals surface area (Å²) < 4.78 is 5.93. The van der Waals surface area contributed by atoms with Crippen LogP contribution in [-0.2, 0) is 25.7 Å². The third-order valence-electron chi connectivity index (χ3n) is 7.17. The van der Waals surface area contributed by atoms with Crippen LogP contribution >= 0.6 is 23.2 Å². The Bertz CT molecular complexity index is 1320. The molecular formula is C36H48Cl2N4O4. The summed E-state index contributed by atoms with van der Waals surface area (Å²) in [6.45, 7) is 5.76. The lowest BCUT2D eigenvalue weighted by molar-refractivity contribution is -0.132. The van der Waals surface area contributed by atoms with Gasteiger partial charge in [0.05, 0.1) is 31.6 Å². The Morgan fingerprint density at radius 2 is 1.61 bits per heavy atom. The van der Waals surface area contributed by atoms with Crippen LogP contribution in [0, 0.1) is 11.8 Å². The van der Waals surface area contributed by atoms with Gasteiger partial charge >= 0.3 is 0 Å². The molecule has 1 aromatic heterocycles. The maximum atomic E-state index is 13.7. The van der Waals surface area contributed by atoms with Gasteiger partial charge in [0.15, 0.2) is 0 Å². The molecule has 0 aliphatic heterocycles. The number of unbranched alkanes of at least 4 members (excludes halogenated alkanes) is 1. The van der Waals surface area contributed by atoms with E-state index < -0.39 is 12.0 Å². The number of nitrogens with zero attached hydrogens (tertiary/aromatic N) is 1. The first-order valence-electron chi connectivity index (χ1n) is 15.5. The number of amides is 2. The second-order valence-electron chi connectivity index (χ2n) is 11.5. The molecule has 0 saturated heterocycles. The van der Waals surface area contributed by atoms with E-state index in [0.29, 0.717) is 54.1 Å². The van der Waals surface area contributed by atoms with Crippen LogP contribution in [0.5, 0.6) is 0 Å². The number of ether oxygens (including phenoxy) is 1. The predicted octanol–water partition coefficient (Wildman–Crippen LogP) is 7.81. The molecule has 3 N–H and O–H groups in total. The Balaban J connectivity index is 0.00000736. The number of ketones is 1. The molecule has 46 heavy (non-hydrogen) atoms. The highest BCUT2D eigenvalue weighted by Gasteiger charge is 2.27. The number of Topliss-reactive ketones (excluding diaryl/α,β-unsaturated/α-hetero) is 1. The van der Waals surface area contributed by atoms with Crippen LogP contribution in [0.4, 0.5) is 5.82 Å². The van der Waals surface area contributed by atoms with Gasteiger partial charge in [-0.05, 0) is 66.6 Å². The summed E-state index contributed by atoms with van der Waals surface area (Å²) in [5.74, 6) is -0.105. The van der Waals surface area contributed by atoms with E-state index >= 15 is 0 Å². The van der Waals surface area contributed by atoms with Gasteiger partial charge in [0.1, 0.15) is 11.6 Å². The zero-order valence-corrected chi connectivity index (χ0v) is 27.6. The lowest BCUT2D eigenvalue weighted by Gasteiger charge is -2.23. The molecule has 250 valence electrons. The van der Waals surface area contributed by atoms with Gasteiger partial charge in [0, 0.05) is 42.2 Å². The van der Waals surface area contributed by atoms with E-state index in [4.69, 9.17) is 27.9 Å². The normalized spacial score (nSPS) is 12.1. The van der Waals surface area contributed by atoms with Crippen molar-refractivity contribution in [3.63, 3.8) is 0 Å². The topological polar surface area (TPSA) is 109 Å². The van der Waals surface area contributed by atoms with Gasteiger partial charge in [-0.2, -0.15) is 0 Å². The van der Waals surface area contributed by atoms with Gasteiger partial charge < -0.3 is 20.7 Å². The summed E-state index contributed by atoms with van der Waals surface area (Å²) in [7, 11) is 0. The van der Waals surface area contributed by atoms with Gasteiger partial charge in [0.2, 0.25) is 11.8 Å². The molecule has 2 amide bonds. The SMILES string of the molecule is C.CC(C)CCNC(=O)CC(NC(=O)C(COCc1ccccc1)CC(=O)CCCCNc1ccccn1)c1cc(Cl)cc(Cl)c1. The third kappa shape index (κ3) is 15.2. The molecule has 8 nitrogen and oxygen atoms in total. The third-order valence-corrected chi connectivity index (χ3v) is 7.60. The van der Waals surface area contributed by atoms with E-state index in [-0.39, 0.29) is 44.5 Å². The second-order valence-corrected chi connectivity index (χ2v) is 12.4. The predicted molar refractivity (Wildman–Crippen MR) is 187 cm³/mol. The van der Waals surface area contributed by atoms with Crippen molar-refractivity contribution in [1.82, 2.24) is 15.6 Å². The standard InChI is InChI=1S/C35H44Cl2N4O4.CH4/c1-25(2)14-17-40-34(43)22-32(27-18-29(36)21-30(37)19-27)41-35(44)28(24-45-23-26-10-4-3-5-11-26)20-31(42)12-6-8-15-38-33-13-7-9-16-39-33;/h3-5,7,9-11,13,16,18-19,21,25,28,32H,6,8,12,14-15,17,20,22-24H2,1-2H3,(H,38,39)(H,40,43)(H,41,44);1H4. The first-order valence-corrected chi connectivity index (χ1v) is 16.3. The molecule has 10 heteroatoms. The maximum absolute atomic E-state index is 13.7. The average molecular weight is 672 g/mol. The summed E-state index contributed by atoms with van der Waals surface area (Å²) in [5, 5.41) is 9.96. The number of hydrogen-bond acceptors (Lipinski definition) is 6. The molecule has 0 aliphatic rings. The van der Waals surface area contributed by atoms with E-state index in [1.807, 2.05) is 48.5 Å². The van der Waals surface area contributed by atoms with Gasteiger partial charge in [-0.15, -0.1) is 0 Å². The van der Waals surface area contributed by atoms with E-state index in [1.165, 1.54) is 0 Å². The first kappa shape index (κ1) is 38.7. The van der Waals surface area contributed by atoms with Crippen molar-refractivity contribution in [3.8, 4) is 0 Å². The summed E-state index contributed by atoms with van der Waals surface area (Å²) in [5.41, 5.74) is 1.57. The van der Waals surface area contributed by atoms with Crippen molar-refractivity contribution in [1.29, 1.82) is 0 Å². The number of halogens is 2. The molecular weight excluding hydrogens is 623 g/mol. The fourth-order valence-electron chi connectivity index (χ4n) is 4.70. The van der Waals surface area contributed by atoms with Crippen LogP contribution in [0.3, 0.4) is 0 Å². The van der Waals surface area contributed by atoms with Gasteiger partial charge in [0.25, 0.3) is 0 Å². The number of benzene rings is 2. The van der Waals surface area contributed by atoms with Crippen LogP contribution in [0.1, 0.15) is 77.0 Å². The Morgan fingerprint density at radius 1 is 0.891 bits per heavy atom. The highest BCUT2D eigenvalue weighted by atomic mass is 35.5. The van der Waals surface area contributed by atoms with Gasteiger partial charge in [-0.3, -0.25) is 14.4 Å². The fourth-order valence-corrected chi connectivity index (χ4v) is 5.25. The van der Waals surface area contributed by atoms with Crippen molar-refractivity contribution in [2.75, 3.05) is 25.0 Å². The molecule has 3 rings (SSSR count). The van der Waals surface area contributed by atoms with Crippen LogP contribution < -0.4 is 16.0 Å². The molecule has 0 fully saturated rings. The molecule has 3 aromatic rings. The number of pyridine rings is 1. The minimum atomic E-state index is -0.742. The first-order chi connectivity index (χ1) is 21.7. The number of rotatable bonds is 20. The van der Waals surface area contributed by atoms with Gasteiger partial charge in [-0.25, -0.2) is 4.98 Å². The lowest BCUT2D eigenvalue weighted by atomic mass is 9.97. The van der Waals surface area contributed by atoms with Crippen LogP contribution in [0.25, 0.3) is 0 Å². The van der Waals surface area contributed by atoms with Crippen LogP contribution in [0.15, 0.2) is 72.9 Å². The Hall–Kier alpha value is -3.46. The Labute approximate surface area is 284 Å². The quantitative estimate of drug-likeness (QED) is 0.106. The molecule has 0 bridgehead atoms. The monoisotopic (exact) mass is 670 g/mol. The maximum Gasteiger partial charge on any atom is 0.226 e. The average Bonchev–Trinajstić information content (AvgIpc) is 3.00. The van der Waals surface area contributed by atoms with Crippen molar-refractivity contribution >= 4 is 46.6 Å². The number of hydrogen-bond donors (Lipinski definition) is 3. The number of anilines is 1. The van der Waals surface area contributed by atoms with Crippen molar-refractivity contribution in [3.05, 3.63) is 94.1 Å². The zero-order valence-electron chi connectivity index (χ0n) is 26.1. The molecule has 1 heterocycles. The number of carbonyl (C=O) groups is 3. The minimum absolute atomic E-state index is 0. The van der Waals surface area contributed by atoms with E-state index in [2.05, 4.69) is 34.8 Å². The number of carbonyl (C=O) groups excluding carboxylic acids is 3. The van der Waals surface area contributed by atoms with E-state index in [0.717, 1.165) is 24.2 Å². The summed E-state index contributed by atoms with van der Waals surface area (Å²) in [4.78, 5) is 43.9. The van der Waals surface area contributed by atoms with E-state index in [1.54, 1.807) is 24.4 Å².